The molecule has 0 aliphatic rings. The van der Waals surface area contributed by atoms with Gasteiger partial charge in [-0.25, -0.2) is 8.78 Å². The molecule has 0 radical (unpaired) electrons. The third kappa shape index (κ3) is 6.27. The van der Waals surface area contributed by atoms with Gasteiger partial charge in [-0.3, -0.25) is 0 Å². The summed E-state index contributed by atoms with van der Waals surface area (Å²) >= 11 is 0. The van der Waals surface area contributed by atoms with Crippen molar-refractivity contribution in [3.8, 4) is 0 Å². The molecule has 1 unspecified atom stereocenters. The van der Waals surface area contributed by atoms with Gasteiger partial charge in [0.1, 0.15) is 18.2 Å². The average molecular weight is 299 g/mol. The molecule has 3 nitrogen and oxygen atoms in total. The van der Waals surface area contributed by atoms with Gasteiger partial charge in [0.2, 0.25) is 0 Å². The normalized spacial score (nSPS) is 13.5. The van der Waals surface area contributed by atoms with Crippen molar-refractivity contribution in [3.05, 3.63) is 35.4 Å². The van der Waals surface area contributed by atoms with E-state index in [2.05, 4.69) is 10.1 Å². The number of hydrogen-bond acceptors (Lipinski definition) is 3. The molecule has 0 amide bonds. The quantitative estimate of drug-likeness (QED) is 0.599. The van der Waals surface area contributed by atoms with E-state index in [1.165, 1.54) is 0 Å². The van der Waals surface area contributed by atoms with E-state index in [1.54, 1.807) is 0 Å². The molecule has 1 rings (SSSR count). The molecule has 20 heavy (non-hydrogen) atoms. The molecule has 0 heterocycles. The van der Waals surface area contributed by atoms with E-state index < -0.39 is 30.5 Å². The van der Waals surface area contributed by atoms with Crippen LogP contribution in [0.2, 0.25) is 0 Å². The number of halogens is 5. The average Bonchev–Trinajstić information content (AvgIpc) is 2.35. The fraction of sp³-hybridized carbons (Fsp3) is 0.500. The predicted molar refractivity (Wildman–Crippen MR) is 61.1 cm³/mol. The monoisotopic (exact) mass is 299 g/mol. The molecule has 0 fully saturated rings. The van der Waals surface area contributed by atoms with Gasteiger partial charge in [-0.2, -0.15) is 13.2 Å². The Balaban J connectivity index is 2.26. The minimum Gasteiger partial charge on any atom is -0.387 e. The number of aliphatic hydroxyl groups excluding tert-OH is 1. The van der Waals surface area contributed by atoms with Gasteiger partial charge in [0.05, 0.1) is 12.7 Å². The van der Waals surface area contributed by atoms with E-state index in [9.17, 15) is 27.1 Å². The van der Waals surface area contributed by atoms with Gasteiger partial charge in [0.25, 0.3) is 0 Å². The lowest BCUT2D eigenvalue weighted by Gasteiger charge is -2.13. The minimum absolute atomic E-state index is 0.0457. The zero-order chi connectivity index (χ0) is 15.2. The summed E-state index contributed by atoms with van der Waals surface area (Å²) in [6.07, 6.45) is -5.68. The zero-order valence-corrected chi connectivity index (χ0v) is 10.4. The maximum Gasteiger partial charge on any atom is 0.411 e. The SMILES string of the molecule is OC(CNCCOCC(F)(F)F)c1cc(F)ccc1F. The molecule has 1 atom stereocenters. The van der Waals surface area contributed by atoms with Gasteiger partial charge in [-0.15, -0.1) is 0 Å². The zero-order valence-electron chi connectivity index (χ0n) is 10.4. The fourth-order valence-corrected chi connectivity index (χ4v) is 1.45. The largest absolute Gasteiger partial charge is 0.411 e. The number of aliphatic hydroxyl groups is 1. The summed E-state index contributed by atoms with van der Waals surface area (Å²) in [5.41, 5.74) is -0.214. The minimum atomic E-state index is -4.38. The van der Waals surface area contributed by atoms with Gasteiger partial charge in [-0.1, -0.05) is 0 Å². The van der Waals surface area contributed by atoms with Crippen LogP contribution in [-0.4, -0.2) is 37.6 Å². The van der Waals surface area contributed by atoms with Crippen molar-refractivity contribution in [2.45, 2.75) is 12.3 Å². The molecule has 0 saturated heterocycles. The van der Waals surface area contributed by atoms with Crippen molar-refractivity contribution in [1.29, 1.82) is 0 Å². The van der Waals surface area contributed by atoms with E-state index in [0.717, 1.165) is 18.2 Å². The van der Waals surface area contributed by atoms with Gasteiger partial charge in [0, 0.05) is 18.7 Å². The van der Waals surface area contributed by atoms with E-state index in [1.807, 2.05) is 0 Å². The summed E-state index contributed by atoms with van der Waals surface area (Å²) in [5, 5.41) is 12.2. The van der Waals surface area contributed by atoms with Crippen LogP contribution in [0.5, 0.6) is 0 Å². The third-order valence-corrected chi connectivity index (χ3v) is 2.34. The van der Waals surface area contributed by atoms with Crippen LogP contribution in [0.1, 0.15) is 11.7 Å². The summed E-state index contributed by atoms with van der Waals surface area (Å²) in [5.74, 6) is -1.44. The summed E-state index contributed by atoms with van der Waals surface area (Å²) in [7, 11) is 0. The second kappa shape index (κ2) is 7.51. The molecule has 8 heteroatoms. The van der Waals surface area contributed by atoms with E-state index in [-0.39, 0.29) is 25.3 Å². The molecular formula is C12H14F5NO2. The van der Waals surface area contributed by atoms with Crippen molar-refractivity contribution in [1.82, 2.24) is 5.32 Å². The second-order valence-electron chi connectivity index (χ2n) is 4.05. The van der Waals surface area contributed by atoms with Crippen molar-refractivity contribution in [2.24, 2.45) is 0 Å². The van der Waals surface area contributed by atoms with Gasteiger partial charge < -0.3 is 15.2 Å². The molecule has 1 aromatic carbocycles. The van der Waals surface area contributed by atoms with E-state index in [0.29, 0.717) is 0 Å². The van der Waals surface area contributed by atoms with Crippen LogP contribution in [-0.2, 0) is 4.74 Å². The number of benzene rings is 1. The van der Waals surface area contributed by atoms with Crippen LogP contribution >= 0.6 is 0 Å². The first-order chi connectivity index (χ1) is 9.29. The van der Waals surface area contributed by atoms with E-state index >= 15 is 0 Å². The van der Waals surface area contributed by atoms with Crippen LogP contribution in [0.25, 0.3) is 0 Å². The Hall–Kier alpha value is -1.25. The van der Waals surface area contributed by atoms with Crippen molar-refractivity contribution in [2.75, 3.05) is 26.3 Å². The molecular weight excluding hydrogens is 285 g/mol. The number of alkyl halides is 3. The Morgan fingerprint density at radius 3 is 2.60 bits per heavy atom. The Kier molecular flexibility index (Phi) is 6.31. The third-order valence-electron chi connectivity index (χ3n) is 2.34. The highest BCUT2D eigenvalue weighted by atomic mass is 19.4. The first kappa shape index (κ1) is 16.8. The van der Waals surface area contributed by atoms with Gasteiger partial charge >= 0.3 is 6.18 Å². The lowest BCUT2D eigenvalue weighted by Crippen LogP contribution is -2.27. The molecule has 0 aromatic heterocycles. The smallest absolute Gasteiger partial charge is 0.387 e. The number of ether oxygens (including phenoxy) is 1. The van der Waals surface area contributed by atoms with Crippen molar-refractivity contribution >= 4 is 0 Å². The lowest BCUT2D eigenvalue weighted by molar-refractivity contribution is -0.173. The summed E-state index contributed by atoms with van der Waals surface area (Å²) < 4.78 is 65.7. The highest BCUT2D eigenvalue weighted by Gasteiger charge is 2.27. The Bertz CT molecular complexity index is 425. The number of rotatable bonds is 7. The second-order valence-corrected chi connectivity index (χ2v) is 4.05. The summed E-state index contributed by atoms with van der Waals surface area (Å²) in [6.45, 7) is -1.65. The van der Waals surface area contributed by atoms with E-state index in [4.69, 9.17) is 0 Å². The maximum atomic E-state index is 13.3. The standard InChI is InChI=1S/C12H14F5NO2/c13-8-1-2-10(14)9(5-8)11(19)6-18-3-4-20-7-12(15,16)17/h1-2,5,11,18-19H,3-4,6-7H2. The molecule has 2 N–H and O–H groups in total. The molecule has 0 aliphatic heterocycles. The van der Waals surface area contributed by atoms with Crippen LogP contribution < -0.4 is 5.32 Å². The molecule has 1 aromatic rings. The Morgan fingerprint density at radius 2 is 1.95 bits per heavy atom. The maximum absolute atomic E-state index is 13.3. The highest BCUT2D eigenvalue weighted by molar-refractivity contribution is 5.21. The van der Waals surface area contributed by atoms with Crippen LogP contribution in [0, 0.1) is 11.6 Å². The lowest BCUT2D eigenvalue weighted by atomic mass is 10.1. The molecule has 0 aliphatic carbocycles. The van der Waals surface area contributed by atoms with Crippen molar-refractivity contribution in [3.63, 3.8) is 0 Å². The molecule has 0 bridgehead atoms. The van der Waals surface area contributed by atoms with Crippen molar-refractivity contribution < 1.29 is 31.8 Å². The first-order valence-electron chi connectivity index (χ1n) is 5.78. The molecule has 114 valence electrons. The Labute approximate surface area is 112 Å². The highest BCUT2D eigenvalue weighted by Crippen LogP contribution is 2.17. The fourth-order valence-electron chi connectivity index (χ4n) is 1.45. The van der Waals surface area contributed by atoms with Gasteiger partial charge in [0.15, 0.2) is 0 Å². The summed E-state index contributed by atoms with van der Waals surface area (Å²) in [4.78, 5) is 0. The first-order valence-corrected chi connectivity index (χ1v) is 5.78. The number of nitrogens with one attached hydrogen (secondary N) is 1. The predicted octanol–water partition coefficient (Wildman–Crippen LogP) is 2.17. The van der Waals surface area contributed by atoms with Crippen LogP contribution in [0.3, 0.4) is 0 Å². The topological polar surface area (TPSA) is 41.5 Å². The van der Waals surface area contributed by atoms with Gasteiger partial charge in [-0.05, 0) is 18.2 Å². The summed E-state index contributed by atoms with van der Waals surface area (Å²) in [6, 6.07) is 2.67. The Morgan fingerprint density at radius 1 is 1.25 bits per heavy atom. The number of hydrogen-bond donors (Lipinski definition) is 2. The molecule has 0 spiro atoms. The molecule has 0 saturated carbocycles. The van der Waals surface area contributed by atoms with Crippen LogP contribution in [0.15, 0.2) is 18.2 Å². The van der Waals surface area contributed by atoms with Crippen LogP contribution in [0.4, 0.5) is 22.0 Å².